The monoisotopic (exact) mass is 420 g/mol. The second-order valence-electron chi connectivity index (χ2n) is 8.83. The predicted octanol–water partition coefficient (Wildman–Crippen LogP) is 3.22. The highest BCUT2D eigenvalue weighted by atomic mass is 16.6. The molecule has 1 aliphatic heterocycles. The second-order valence-corrected chi connectivity index (χ2v) is 8.83. The minimum atomic E-state index is -0.558. The third-order valence-electron chi connectivity index (χ3n) is 5.45. The summed E-state index contributed by atoms with van der Waals surface area (Å²) in [5.74, 6) is 0. The number of nitrogens with zero attached hydrogens (tertiary/aromatic N) is 5. The van der Waals surface area contributed by atoms with Gasteiger partial charge in [-0.3, -0.25) is 4.57 Å². The molecular formula is C22H24N6O3. The molecule has 9 nitrogen and oxygen atoms in total. The molecule has 4 aromatic heterocycles. The van der Waals surface area contributed by atoms with Crippen molar-refractivity contribution in [3.05, 3.63) is 53.2 Å². The van der Waals surface area contributed by atoms with E-state index < -0.39 is 5.60 Å². The number of pyridine rings is 2. The first-order valence-corrected chi connectivity index (χ1v) is 10.3. The van der Waals surface area contributed by atoms with Crippen LogP contribution >= 0.6 is 0 Å². The lowest BCUT2D eigenvalue weighted by Crippen LogP contribution is -2.36. The first kappa shape index (κ1) is 19.3. The number of ether oxygens (including phenoxy) is 1. The number of likely N-dealkylation sites (tertiary alicyclic amines) is 1. The topological polar surface area (TPSA) is 97.5 Å². The standard InChI is InChI=1S/C22H24N6O3/c1-22(2,3)31-21(30)26-11-9-14(13-26)28-19-17(25-20(28)29)8-7-16(24-19)15-12-23-27-10-5-4-6-18(15)27/h4-8,10,12,14H,9,11,13H2,1-3H3,(H,25,29)/t14-/m0/s1. The van der Waals surface area contributed by atoms with Gasteiger partial charge in [-0.25, -0.2) is 19.1 Å². The molecular weight excluding hydrogens is 396 g/mol. The number of hydrogen-bond donors (Lipinski definition) is 1. The number of carbonyl (C=O) groups excluding carboxylic acids is 1. The lowest BCUT2D eigenvalue weighted by molar-refractivity contribution is 0.0289. The molecule has 1 saturated heterocycles. The molecule has 1 amide bonds. The molecule has 0 spiro atoms. The maximum atomic E-state index is 12.8. The Balaban J connectivity index is 1.50. The number of rotatable bonds is 2. The van der Waals surface area contributed by atoms with Gasteiger partial charge in [0.25, 0.3) is 0 Å². The van der Waals surface area contributed by atoms with Gasteiger partial charge in [0, 0.05) is 24.8 Å². The summed E-state index contributed by atoms with van der Waals surface area (Å²) >= 11 is 0. The highest BCUT2D eigenvalue weighted by Gasteiger charge is 2.32. The van der Waals surface area contributed by atoms with Crippen LogP contribution in [0.25, 0.3) is 27.9 Å². The van der Waals surface area contributed by atoms with Gasteiger partial charge < -0.3 is 14.6 Å². The van der Waals surface area contributed by atoms with Gasteiger partial charge in [0.05, 0.1) is 29.0 Å². The second kappa shape index (κ2) is 6.97. The SMILES string of the molecule is CC(C)(C)OC(=O)N1CC[C@H](n2c(=O)[nH]c3ccc(-c4cnn5ccccc45)nc32)C1. The van der Waals surface area contributed by atoms with Crippen molar-refractivity contribution >= 4 is 22.8 Å². The number of imidazole rings is 1. The van der Waals surface area contributed by atoms with Gasteiger partial charge in [-0.15, -0.1) is 0 Å². The summed E-state index contributed by atoms with van der Waals surface area (Å²) in [7, 11) is 0. The Morgan fingerprint density at radius 3 is 2.87 bits per heavy atom. The quantitative estimate of drug-likeness (QED) is 0.537. The van der Waals surface area contributed by atoms with Crippen LogP contribution in [0.4, 0.5) is 4.79 Å². The third kappa shape index (κ3) is 3.45. The highest BCUT2D eigenvalue weighted by molar-refractivity contribution is 5.82. The molecule has 4 aromatic rings. The molecule has 1 N–H and O–H groups in total. The number of hydrogen-bond acceptors (Lipinski definition) is 5. The smallest absolute Gasteiger partial charge is 0.410 e. The van der Waals surface area contributed by atoms with Crippen LogP contribution in [0, 0.1) is 0 Å². The van der Waals surface area contributed by atoms with E-state index in [4.69, 9.17) is 9.72 Å². The van der Waals surface area contributed by atoms with E-state index in [0.717, 1.165) is 16.8 Å². The molecule has 31 heavy (non-hydrogen) atoms. The van der Waals surface area contributed by atoms with Gasteiger partial charge >= 0.3 is 11.8 Å². The first-order chi connectivity index (χ1) is 14.8. The molecule has 0 bridgehead atoms. The van der Waals surface area contributed by atoms with E-state index in [1.165, 1.54) is 0 Å². The Kier molecular flexibility index (Phi) is 4.35. The zero-order valence-electron chi connectivity index (χ0n) is 17.7. The highest BCUT2D eigenvalue weighted by Crippen LogP contribution is 2.28. The fraction of sp³-hybridized carbons (Fsp3) is 0.364. The molecule has 9 heteroatoms. The Labute approximate surface area is 178 Å². The number of fused-ring (bicyclic) bond motifs is 2. The zero-order valence-corrected chi connectivity index (χ0v) is 17.7. The van der Waals surface area contributed by atoms with Crippen molar-refractivity contribution in [2.24, 2.45) is 0 Å². The van der Waals surface area contributed by atoms with Gasteiger partial charge in [0.2, 0.25) is 0 Å². The summed E-state index contributed by atoms with van der Waals surface area (Å²) in [5, 5.41) is 4.38. The normalized spacial score (nSPS) is 17.0. The molecule has 0 aliphatic carbocycles. The van der Waals surface area contributed by atoms with Crippen LogP contribution < -0.4 is 5.69 Å². The van der Waals surface area contributed by atoms with Gasteiger partial charge in [-0.1, -0.05) is 6.07 Å². The van der Waals surface area contributed by atoms with Crippen LogP contribution in [-0.4, -0.2) is 53.8 Å². The van der Waals surface area contributed by atoms with Crippen LogP contribution in [0.3, 0.4) is 0 Å². The summed E-state index contributed by atoms with van der Waals surface area (Å²) in [6.07, 6.45) is 3.96. The fourth-order valence-corrected chi connectivity index (χ4v) is 4.07. The van der Waals surface area contributed by atoms with Crippen molar-refractivity contribution in [1.82, 2.24) is 29.0 Å². The Morgan fingerprint density at radius 2 is 2.06 bits per heavy atom. The van der Waals surface area contributed by atoms with Gasteiger partial charge in [0.15, 0.2) is 5.65 Å². The number of aromatic nitrogens is 5. The van der Waals surface area contributed by atoms with Crippen LogP contribution in [-0.2, 0) is 4.74 Å². The van der Waals surface area contributed by atoms with E-state index in [1.54, 1.807) is 20.2 Å². The van der Waals surface area contributed by atoms with Crippen molar-refractivity contribution in [2.75, 3.05) is 13.1 Å². The van der Waals surface area contributed by atoms with E-state index in [0.29, 0.717) is 30.7 Å². The van der Waals surface area contributed by atoms with Gasteiger partial charge in [-0.05, 0) is 51.5 Å². The number of aromatic amines is 1. The molecule has 0 aromatic carbocycles. The molecule has 5 rings (SSSR count). The maximum Gasteiger partial charge on any atom is 0.410 e. The number of H-pyrrole nitrogens is 1. The molecule has 1 fully saturated rings. The summed E-state index contributed by atoms with van der Waals surface area (Å²) < 4.78 is 8.94. The third-order valence-corrected chi connectivity index (χ3v) is 5.45. The summed E-state index contributed by atoms with van der Waals surface area (Å²) in [6.45, 7) is 6.47. The zero-order chi connectivity index (χ0) is 21.8. The van der Waals surface area contributed by atoms with Crippen LogP contribution in [0.5, 0.6) is 0 Å². The van der Waals surface area contributed by atoms with Crippen molar-refractivity contribution < 1.29 is 9.53 Å². The molecule has 5 heterocycles. The van der Waals surface area contributed by atoms with Crippen LogP contribution in [0.1, 0.15) is 33.2 Å². The minimum Gasteiger partial charge on any atom is -0.444 e. The Bertz CT molecular complexity index is 1340. The van der Waals surface area contributed by atoms with Crippen molar-refractivity contribution in [1.29, 1.82) is 0 Å². The molecule has 0 saturated carbocycles. The van der Waals surface area contributed by atoms with E-state index >= 15 is 0 Å². The average molecular weight is 420 g/mol. The van der Waals surface area contributed by atoms with Crippen LogP contribution in [0.2, 0.25) is 0 Å². The Hall–Kier alpha value is -3.62. The minimum absolute atomic E-state index is 0.166. The molecule has 160 valence electrons. The van der Waals surface area contributed by atoms with E-state index in [9.17, 15) is 9.59 Å². The van der Waals surface area contributed by atoms with Gasteiger partial charge in [0.1, 0.15) is 5.60 Å². The molecule has 0 radical (unpaired) electrons. The number of nitrogens with one attached hydrogen (secondary N) is 1. The maximum absolute atomic E-state index is 12.8. The summed E-state index contributed by atoms with van der Waals surface area (Å²) in [4.78, 5) is 34.5. The number of amides is 1. The average Bonchev–Trinajstić information content (AvgIpc) is 3.42. The van der Waals surface area contributed by atoms with Crippen LogP contribution in [0.15, 0.2) is 47.5 Å². The first-order valence-electron chi connectivity index (χ1n) is 10.3. The van der Waals surface area contributed by atoms with Gasteiger partial charge in [-0.2, -0.15) is 5.10 Å². The van der Waals surface area contributed by atoms with E-state index in [1.807, 2.05) is 57.3 Å². The summed E-state index contributed by atoms with van der Waals surface area (Å²) in [5.41, 5.74) is 3.03. The van der Waals surface area contributed by atoms with E-state index in [2.05, 4.69) is 10.1 Å². The predicted molar refractivity (Wildman–Crippen MR) is 116 cm³/mol. The fourth-order valence-electron chi connectivity index (χ4n) is 4.07. The van der Waals surface area contributed by atoms with E-state index in [-0.39, 0.29) is 17.8 Å². The Morgan fingerprint density at radius 1 is 1.23 bits per heavy atom. The number of carbonyl (C=O) groups is 1. The lowest BCUT2D eigenvalue weighted by Gasteiger charge is -2.24. The molecule has 0 unspecified atom stereocenters. The molecule has 1 atom stereocenters. The van der Waals surface area contributed by atoms with Crippen molar-refractivity contribution in [2.45, 2.75) is 38.8 Å². The lowest BCUT2D eigenvalue weighted by atomic mass is 10.2. The largest absolute Gasteiger partial charge is 0.444 e. The van der Waals surface area contributed by atoms with Crippen molar-refractivity contribution in [3.8, 4) is 11.3 Å². The molecule has 1 aliphatic rings. The summed E-state index contributed by atoms with van der Waals surface area (Å²) in [6, 6.07) is 9.43. The van der Waals surface area contributed by atoms with Crippen molar-refractivity contribution in [3.63, 3.8) is 0 Å².